The number of carbonyl (C=O) groups excluding carboxylic acids is 1. The molecule has 2 aliphatic heterocycles. The Morgan fingerprint density at radius 3 is 2.95 bits per heavy atom. The third kappa shape index (κ3) is 3.69. The molecule has 0 saturated carbocycles. The molecule has 0 unspecified atom stereocenters. The van der Waals surface area contributed by atoms with Crippen molar-refractivity contribution < 1.29 is 9.53 Å². The lowest BCUT2D eigenvalue weighted by molar-refractivity contribution is -0.119. The van der Waals surface area contributed by atoms with E-state index < -0.39 is 0 Å². The summed E-state index contributed by atoms with van der Waals surface area (Å²) in [5.41, 5.74) is 0.709. The van der Waals surface area contributed by atoms with Crippen molar-refractivity contribution in [3.05, 3.63) is 12.5 Å². The Kier molecular flexibility index (Phi) is 4.65. The van der Waals surface area contributed by atoms with E-state index in [1.165, 1.54) is 19.2 Å². The molecule has 6 nitrogen and oxygen atoms in total. The zero-order valence-electron chi connectivity index (χ0n) is 12.3. The Hall–Kier alpha value is -1.69. The Morgan fingerprint density at radius 2 is 2.19 bits per heavy atom. The maximum absolute atomic E-state index is 12.2. The predicted octanol–water partition coefficient (Wildman–Crippen LogP) is 1.97. The van der Waals surface area contributed by atoms with Crippen molar-refractivity contribution in [2.75, 3.05) is 29.9 Å². The average Bonchev–Trinajstić information content (AvgIpc) is 3.03. The van der Waals surface area contributed by atoms with Gasteiger partial charge in [-0.1, -0.05) is 0 Å². The fourth-order valence-electron chi connectivity index (χ4n) is 2.97. The van der Waals surface area contributed by atoms with Crippen LogP contribution in [0, 0.1) is 0 Å². The van der Waals surface area contributed by atoms with E-state index in [9.17, 15) is 4.79 Å². The number of nitrogens with one attached hydrogen (secondary N) is 1. The molecule has 1 aromatic heterocycles. The second kappa shape index (κ2) is 6.85. The van der Waals surface area contributed by atoms with Crippen LogP contribution < -0.4 is 10.2 Å². The normalized spacial score (nSPS) is 22.3. The van der Waals surface area contributed by atoms with Crippen LogP contribution in [-0.2, 0) is 9.53 Å². The molecule has 2 fully saturated rings. The van der Waals surface area contributed by atoms with Gasteiger partial charge in [0.2, 0.25) is 5.91 Å². The monoisotopic (exact) mass is 290 g/mol. The summed E-state index contributed by atoms with van der Waals surface area (Å²) in [7, 11) is 0. The zero-order chi connectivity index (χ0) is 14.5. The summed E-state index contributed by atoms with van der Waals surface area (Å²) in [5.74, 6) is 0.817. The van der Waals surface area contributed by atoms with E-state index in [4.69, 9.17) is 4.74 Å². The van der Waals surface area contributed by atoms with Gasteiger partial charge in [-0.05, 0) is 32.1 Å². The van der Waals surface area contributed by atoms with Crippen LogP contribution >= 0.6 is 0 Å². The van der Waals surface area contributed by atoms with Crippen LogP contribution in [0.4, 0.5) is 11.5 Å². The standard InChI is InChI=1S/C15H22N4O2/c20-14(9-12-5-1-4-8-21-12)18-13-10-16-11-17-15(13)19-6-2-3-7-19/h10-12H,1-9H2,(H,18,20)/t12-/m0/s1. The maximum atomic E-state index is 12.2. The van der Waals surface area contributed by atoms with Crippen molar-refractivity contribution in [1.82, 2.24) is 9.97 Å². The topological polar surface area (TPSA) is 67.3 Å². The molecule has 3 heterocycles. The lowest BCUT2D eigenvalue weighted by atomic mass is 10.1. The molecule has 2 saturated heterocycles. The second-order valence-electron chi connectivity index (χ2n) is 5.70. The van der Waals surface area contributed by atoms with Gasteiger partial charge in [0, 0.05) is 19.7 Å². The number of ether oxygens (including phenoxy) is 1. The third-order valence-electron chi connectivity index (χ3n) is 4.06. The Balaban J connectivity index is 1.62. The van der Waals surface area contributed by atoms with E-state index >= 15 is 0 Å². The minimum absolute atomic E-state index is 0.0165. The van der Waals surface area contributed by atoms with Gasteiger partial charge in [-0.15, -0.1) is 0 Å². The molecule has 6 heteroatoms. The summed E-state index contributed by atoms with van der Waals surface area (Å²) >= 11 is 0. The largest absolute Gasteiger partial charge is 0.378 e. The summed E-state index contributed by atoms with van der Waals surface area (Å²) in [6, 6.07) is 0. The van der Waals surface area contributed by atoms with Crippen molar-refractivity contribution in [2.45, 2.75) is 44.6 Å². The first kappa shape index (κ1) is 14.3. The molecular weight excluding hydrogens is 268 g/mol. The van der Waals surface area contributed by atoms with E-state index in [1.54, 1.807) is 6.20 Å². The SMILES string of the molecule is O=C(C[C@@H]1CCCCO1)Nc1cncnc1N1CCCC1. The maximum Gasteiger partial charge on any atom is 0.227 e. The zero-order valence-corrected chi connectivity index (χ0v) is 12.3. The van der Waals surface area contributed by atoms with Gasteiger partial charge in [0.1, 0.15) is 12.0 Å². The van der Waals surface area contributed by atoms with Crippen LogP contribution in [0.2, 0.25) is 0 Å². The molecule has 0 bridgehead atoms. The molecule has 0 aliphatic carbocycles. The molecular formula is C15H22N4O2. The smallest absolute Gasteiger partial charge is 0.227 e. The van der Waals surface area contributed by atoms with E-state index in [0.717, 1.165) is 44.8 Å². The first-order chi connectivity index (χ1) is 10.3. The predicted molar refractivity (Wildman–Crippen MR) is 80.3 cm³/mol. The fourth-order valence-corrected chi connectivity index (χ4v) is 2.97. The van der Waals surface area contributed by atoms with Gasteiger partial charge >= 0.3 is 0 Å². The first-order valence-electron chi connectivity index (χ1n) is 7.79. The van der Waals surface area contributed by atoms with E-state index in [1.807, 2.05) is 0 Å². The second-order valence-corrected chi connectivity index (χ2v) is 5.70. The van der Waals surface area contributed by atoms with Gasteiger partial charge in [0.15, 0.2) is 5.82 Å². The molecule has 0 radical (unpaired) electrons. The minimum Gasteiger partial charge on any atom is -0.378 e. The fraction of sp³-hybridized carbons (Fsp3) is 0.667. The van der Waals surface area contributed by atoms with Crippen LogP contribution in [-0.4, -0.2) is 41.7 Å². The van der Waals surface area contributed by atoms with Gasteiger partial charge in [0.05, 0.1) is 18.7 Å². The summed E-state index contributed by atoms with van der Waals surface area (Å²) < 4.78 is 5.61. The Bertz CT molecular complexity index is 482. The summed E-state index contributed by atoms with van der Waals surface area (Å²) in [5, 5.41) is 2.95. The Labute approximate surface area is 124 Å². The molecule has 114 valence electrons. The number of nitrogens with zero attached hydrogens (tertiary/aromatic N) is 3. The van der Waals surface area contributed by atoms with Gasteiger partial charge < -0.3 is 15.0 Å². The van der Waals surface area contributed by atoms with E-state index in [-0.39, 0.29) is 12.0 Å². The molecule has 1 N–H and O–H groups in total. The summed E-state index contributed by atoms with van der Waals surface area (Å²) in [6.45, 7) is 2.75. The molecule has 2 aliphatic rings. The van der Waals surface area contributed by atoms with Crippen molar-refractivity contribution >= 4 is 17.4 Å². The van der Waals surface area contributed by atoms with Gasteiger partial charge in [-0.3, -0.25) is 4.79 Å². The van der Waals surface area contributed by atoms with Crippen molar-refractivity contribution in [3.63, 3.8) is 0 Å². The van der Waals surface area contributed by atoms with Crippen molar-refractivity contribution in [1.29, 1.82) is 0 Å². The van der Waals surface area contributed by atoms with Crippen LogP contribution in [0.15, 0.2) is 12.5 Å². The van der Waals surface area contributed by atoms with Crippen LogP contribution in [0.1, 0.15) is 38.5 Å². The molecule has 0 aromatic carbocycles. The highest BCUT2D eigenvalue weighted by Crippen LogP contribution is 2.26. The number of amides is 1. The van der Waals surface area contributed by atoms with Crippen molar-refractivity contribution in [3.8, 4) is 0 Å². The number of aromatic nitrogens is 2. The molecule has 1 atom stereocenters. The third-order valence-corrected chi connectivity index (χ3v) is 4.06. The minimum atomic E-state index is -0.0165. The highest BCUT2D eigenvalue weighted by molar-refractivity contribution is 5.93. The van der Waals surface area contributed by atoms with Gasteiger partial charge in [-0.25, -0.2) is 9.97 Å². The van der Waals surface area contributed by atoms with E-state index in [2.05, 4.69) is 20.2 Å². The first-order valence-corrected chi connectivity index (χ1v) is 7.79. The Morgan fingerprint density at radius 1 is 1.33 bits per heavy atom. The van der Waals surface area contributed by atoms with Gasteiger partial charge in [-0.2, -0.15) is 0 Å². The van der Waals surface area contributed by atoms with E-state index in [0.29, 0.717) is 12.1 Å². The summed E-state index contributed by atoms with van der Waals surface area (Å²) in [4.78, 5) is 22.7. The van der Waals surface area contributed by atoms with Gasteiger partial charge in [0.25, 0.3) is 0 Å². The number of rotatable bonds is 4. The highest BCUT2D eigenvalue weighted by atomic mass is 16.5. The average molecular weight is 290 g/mol. The highest BCUT2D eigenvalue weighted by Gasteiger charge is 2.21. The van der Waals surface area contributed by atoms with Crippen LogP contribution in [0.25, 0.3) is 0 Å². The molecule has 21 heavy (non-hydrogen) atoms. The molecule has 3 rings (SSSR count). The lowest BCUT2D eigenvalue weighted by Gasteiger charge is -2.23. The number of hydrogen-bond donors (Lipinski definition) is 1. The van der Waals surface area contributed by atoms with Crippen LogP contribution in [0.3, 0.4) is 0 Å². The number of hydrogen-bond acceptors (Lipinski definition) is 5. The molecule has 1 amide bonds. The number of carbonyl (C=O) groups is 1. The lowest BCUT2D eigenvalue weighted by Crippen LogP contribution is -2.27. The number of anilines is 2. The van der Waals surface area contributed by atoms with Crippen LogP contribution in [0.5, 0.6) is 0 Å². The quantitative estimate of drug-likeness (QED) is 0.918. The molecule has 1 aromatic rings. The molecule has 0 spiro atoms. The van der Waals surface area contributed by atoms with Crippen molar-refractivity contribution in [2.24, 2.45) is 0 Å². The summed E-state index contributed by atoms with van der Waals surface area (Å²) in [6.07, 6.45) is 9.24.